The number of carbonyl (C=O) groups excluding carboxylic acids is 1. The molecule has 2 aromatic rings. The zero-order valence-electron chi connectivity index (χ0n) is 14.6. The molecule has 0 saturated heterocycles. The van der Waals surface area contributed by atoms with Gasteiger partial charge in [0.1, 0.15) is 0 Å². The molecule has 0 unspecified atom stereocenters. The average Bonchev–Trinajstić information content (AvgIpc) is 3.07. The van der Waals surface area contributed by atoms with Gasteiger partial charge < -0.3 is 14.8 Å². The molecule has 27 heavy (non-hydrogen) atoms. The monoisotopic (exact) mass is 410 g/mol. The number of hydrogen-bond acceptors (Lipinski definition) is 5. The quantitative estimate of drug-likeness (QED) is 0.757. The molecule has 9 heteroatoms. The summed E-state index contributed by atoms with van der Waals surface area (Å²) in [6, 6.07) is 11.7. The van der Waals surface area contributed by atoms with Crippen LogP contribution in [-0.2, 0) is 14.8 Å². The number of sulfonamides is 1. The summed E-state index contributed by atoms with van der Waals surface area (Å²) in [5.41, 5.74) is 1.11. The van der Waals surface area contributed by atoms with Gasteiger partial charge in [-0.2, -0.15) is 0 Å². The first-order chi connectivity index (χ1) is 12.8. The number of rotatable bonds is 7. The normalized spacial score (nSPS) is 12.7. The molecular weight excluding hydrogens is 392 g/mol. The Morgan fingerprint density at radius 1 is 1.15 bits per heavy atom. The summed E-state index contributed by atoms with van der Waals surface area (Å²) < 4.78 is 36.1. The molecule has 0 spiro atoms. The number of amides is 1. The molecule has 1 amide bonds. The third-order valence-corrected chi connectivity index (χ3v) is 5.38. The highest BCUT2D eigenvalue weighted by Crippen LogP contribution is 2.36. The topological polar surface area (TPSA) is 84.9 Å². The number of nitrogens with one attached hydrogen (secondary N) is 1. The van der Waals surface area contributed by atoms with Gasteiger partial charge in [0.2, 0.25) is 22.7 Å². The Morgan fingerprint density at radius 3 is 2.56 bits per heavy atom. The highest BCUT2D eigenvalue weighted by Gasteiger charge is 2.21. The fourth-order valence-corrected chi connectivity index (χ4v) is 3.75. The molecule has 0 aromatic heterocycles. The van der Waals surface area contributed by atoms with Crippen LogP contribution in [0.1, 0.15) is 12.8 Å². The van der Waals surface area contributed by atoms with Crippen molar-refractivity contribution in [2.24, 2.45) is 0 Å². The van der Waals surface area contributed by atoms with Crippen LogP contribution in [0.3, 0.4) is 0 Å². The van der Waals surface area contributed by atoms with E-state index < -0.39 is 10.0 Å². The van der Waals surface area contributed by atoms with Crippen molar-refractivity contribution < 1.29 is 22.7 Å². The van der Waals surface area contributed by atoms with Gasteiger partial charge in [0, 0.05) is 29.7 Å². The van der Waals surface area contributed by atoms with Gasteiger partial charge in [-0.15, -0.1) is 0 Å². The van der Waals surface area contributed by atoms with E-state index in [0.717, 1.165) is 6.26 Å². The Kier molecular flexibility index (Phi) is 5.76. The van der Waals surface area contributed by atoms with Crippen LogP contribution < -0.4 is 19.1 Å². The largest absolute Gasteiger partial charge is 0.454 e. The van der Waals surface area contributed by atoms with Crippen molar-refractivity contribution in [3.05, 3.63) is 47.5 Å². The predicted molar refractivity (Wildman–Crippen MR) is 104 cm³/mol. The van der Waals surface area contributed by atoms with E-state index in [1.54, 1.807) is 42.5 Å². The summed E-state index contributed by atoms with van der Waals surface area (Å²) in [4.78, 5) is 12.1. The SMILES string of the molecule is CS(=O)(=O)N(CCCC(=O)Nc1ccc(Cl)cc1)c1ccc2c(c1)OCO2. The number of ether oxygens (including phenoxy) is 2. The van der Waals surface area contributed by atoms with E-state index >= 15 is 0 Å². The van der Waals surface area contributed by atoms with Gasteiger partial charge in [-0.3, -0.25) is 9.10 Å². The highest BCUT2D eigenvalue weighted by molar-refractivity contribution is 7.92. The van der Waals surface area contributed by atoms with Crippen molar-refractivity contribution in [3.8, 4) is 11.5 Å². The predicted octanol–water partition coefficient (Wildman–Crippen LogP) is 3.25. The number of halogens is 1. The molecule has 3 rings (SSSR count). The van der Waals surface area contributed by atoms with Crippen molar-refractivity contribution in [3.63, 3.8) is 0 Å². The summed E-state index contributed by atoms with van der Waals surface area (Å²) >= 11 is 5.81. The molecule has 1 aliphatic rings. The zero-order chi connectivity index (χ0) is 19.4. The Balaban J connectivity index is 1.60. The van der Waals surface area contributed by atoms with Crippen molar-refractivity contribution in [1.29, 1.82) is 0 Å². The highest BCUT2D eigenvalue weighted by atomic mass is 35.5. The molecule has 7 nitrogen and oxygen atoms in total. The zero-order valence-corrected chi connectivity index (χ0v) is 16.2. The van der Waals surface area contributed by atoms with Crippen LogP contribution in [0, 0.1) is 0 Å². The Hall–Kier alpha value is -2.45. The van der Waals surface area contributed by atoms with Crippen LogP contribution in [0.25, 0.3) is 0 Å². The van der Waals surface area contributed by atoms with Crippen LogP contribution in [-0.4, -0.2) is 33.9 Å². The number of carbonyl (C=O) groups is 1. The molecule has 0 aliphatic carbocycles. The number of anilines is 2. The minimum atomic E-state index is -3.51. The van der Waals surface area contributed by atoms with Crippen molar-refractivity contribution in [2.45, 2.75) is 12.8 Å². The molecule has 1 aliphatic heterocycles. The Labute approximate surface area is 162 Å². The fraction of sp³-hybridized carbons (Fsp3) is 0.278. The van der Waals surface area contributed by atoms with Gasteiger partial charge in [-0.1, -0.05) is 11.6 Å². The van der Waals surface area contributed by atoms with Gasteiger partial charge in [0.15, 0.2) is 11.5 Å². The second kappa shape index (κ2) is 8.06. The van der Waals surface area contributed by atoms with Crippen molar-refractivity contribution in [1.82, 2.24) is 0 Å². The van der Waals surface area contributed by atoms with E-state index in [1.165, 1.54) is 4.31 Å². The molecule has 1 heterocycles. The minimum Gasteiger partial charge on any atom is -0.454 e. The lowest BCUT2D eigenvalue weighted by Gasteiger charge is -2.22. The van der Waals surface area contributed by atoms with Crippen LogP contribution in [0.15, 0.2) is 42.5 Å². The number of nitrogens with zero attached hydrogens (tertiary/aromatic N) is 1. The molecule has 0 saturated carbocycles. The lowest BCUT2D eigenvalue weighted by atomic mass is 10.2. The molecule has 0 atom stereocenters. The van der Waals surface area contributed by atoms with E-state index in [1.807, 2.05) is 0 Å². The van der Waals surface area contributed by atoms with Gasteiger partial charge in [0.25, 0.3) is 0 Å². The average molecular weight is 411 g/mol. The standard InChI is InChI=1S/C18H19ClN2O5S/c1-27(23,24)21(15-8-9-16-17(11-15)26-12-25-16)10-2-3-18(22)20-14-6-4-13(19)5-7-14/h4-9,11H,2-3,10,12H2,1H3,(H,20,22). The third-order valence-electron chi connectivity index (χ3n) is 3.94. The van der Waals surface area contributed by atoms with Crippen LogP contribution in [0.4, 0.5) is 11.4 Å². The lowest BCUT2D eigenvalue weighted by molar-refractivity contribution is -0.116. The van der Waals surface area contributed by atoms with E-state index in [-0.39, 0.29) is 25.7 Å². The third kappa shape index (κ3) is 5.05. The molecule has 0 fully saturated rings. The number of benzene rings is 2. The first kappa shape index (κ1) is 19.3. The summed E-state index contributed by atoms with van der Waals surface area (Å²) in [5, 5.41) is 3.34. The second-order valence-electron chi connectivity index (χ2n) is 6.03. The molecular formula is C18H19ClN2O5S. The van der Waals surface area contributed by atoms with Crippen molar-refractivity contribution >= 4 is 38.9 Å². The maximum atomic E-state index is 12.2. The Bertz CT molecular complexity index is 931. The Morgan fingerprint density at radius 2 is 1.85 bits per heavy atom. The van der Waals surface area contributed by atoms with E-state index in [0.29, 0.717) is 34.3 Å². The molecule has 1 N–H and O–H groups in total. The van der Waals surface area contributed by atoms with Crippen LogP contribution in [0.5, 0.6) is 11.5 Å². The molecule has 2 aromatic carbocycles. The van der Waals surface area contributed by atoms with Crippen LogP contribution in [0.2, 0.25) is 5.02 Å². The summed E-state index contributed by atoms with van der Waals surface area (Å²) in [5.74, 6) is 0.882. The first-order valence-electron chi connectivity index (χ1n) is 8.26. The van der Waals surface area contributed by atoms with Crippen molar-refractivity contribution in [2.75, 3.05) is 29.2 Å². The maximum Gasteiger partial charge on any atom is 0.232 e. The van der Waals surface area contributed by atoms with E-state index in [4.69, 9.17) is 21.1 Å². The van der Waals surface area contributed by atoms with Gasteiger partial charge in [-0.05, 0) is 42.8 Å². The van der Waals surface area contributed by atoms with Gasteiger partial charge in [-0.25, -0.2) is 8.42 Å². The van der Waals surface area contributed by atoms with Crippen LogP contribution >= 0.6 is 11.6 Å². The fourth-order valence-electron chi connectivity index (χ4n) is 2.67. The summed E-state index contributed by atoms with van der Waals surface area (Å²) in [6.45, 7) is 0.287. The molecule has 0 radical (unpaired) electrons. The summed E-state index contributed by atoms with van der Waals surface area (Å²) in [7, 11) is -3.51. The number of hydrogen-bond donors (Lipinski definition) is 1. The van der Waals surface area contributed by atoms with Gasteiger partial charge >= 0.3 is 0 Å². The molecule has 0 bridgehead atoms. The smallest absolute Gasteiger partial charge is 0.232 e. The minimum absolute atomic E-state index is 0.114. The van der Waals surface area contributed by atoms with Gasteiger partial charge in [0.05, 0.1) is 11.9 Å². The summed E-state index contributed by atoms with van der Waals surface area (Å²) in [6.07, 6.45) is 1.67. The lowest BCUT2D eigenvalue weighted by Crippen LogP contribution is -2.31. The van der Waals surface area contributed by atoms with E-state index in [2.05, 4.69) is 5.32 Å². The number of fused-ring (bicyclic) bond motifs is 1. The maximum absolute atomic E-state index is 12.2. The second-order valence-corrected chi connectivity index (χ2v) is 8.37. The molecule has 144 valence electrons. The first-order valence-corrected chi connectivity index (χ1v) is 10.5. The van der Waals surface area contributed by atoms with E-state index in [9.17, 15) is 13.2 Å².